The number of imide groups is 1. The Balaban J connectivity index is 2.07. The number of benzene rings is 2. The zero-order chi connectivity index (χ0) is 18.9. The van der Waals surface area contributed by atoms with Gasteiger partial charge in [0.1, 0.15) is 11.0 Å². The molecule has 0 saturated carbocycles. The second-order valence-electron chi connectivity index (χ2n) is 7.54. The molecule has 1 atom stereocenters. The standard InChI is InChI=1S/C21H23NO4/c1-20(2,3)26-19(25)22-17-12-8-7-11-16(17)21(14-23,18(22)24)13-15-9-5-4-6-10-15/h4-12,23H,13-14H2,1-3H3/t21-/m0/s1. The van der Waals surface area contributed by atoms with Crippen molar-refractivity contribution in [2.24, 2.45) is 0 Å². The Morgan fingerprint density at radius 2 is 1.69 bits per heavy atom. The molecule has 1 aliphatic heterocycles. The van der Waals surface area contributed by atoms with Crippen LogP contribution in [0.1, 0.15) is 31.9 Å². The molecule has 5 heteroatoms. The maximum atomic E-state index is 13.3. The van der Waals surface area contributed by atoms with E-state index >= 15 is 0 Å². The Labute approximate surface area is 153 Å². The molecule has 0 saturated heterocycles. The van der Waals surface area contributed by atoms with Crippen molar-refractivity contribution in [3.8, 4) is 0 Å². The summed E-state index contributed by atoms with van der Waals surface area (Å²) in [4.78, 5) is 27.1. The molecule has 26 heavy (non-hydrogen) atoms. The molecule has 2 amide bonds. The van der Waals surface area contributed by atoms with Crippen LogP contribution in [0.25, 0.3) is 0 Å². The van der Waals surface area contributed by atoms with E-state index in [1.807, 2.05) is 30.3 Å². The van der Waals surface area contributed by atoms with Gasteiger partial charge in [0.25, 0.3) is 0 Å². The fourth-order valence-electron chi connectivity index (χ4n) is 3.32. The number of hydrogen-bond donors (Lipinski definition) is 1. The number of rotatable bonds is 3. The molecule has 136 valence electrons. The van der Waals surface area contributed by atoms with E-state index in [4.69, 9.17) is 4.74 Å². The summed E-state index contributed by atoms with van der Waals surface area (Å²) >= 11 is 0. The predicted molar refractivity (Wildman–Crippen MR) is 99.1 cm³/mol. The number of amides is 2. The highest BCUT2D eigenvalue weighted by Crippen LogP contribution is 2.44. The molecule has 0 radical (unpaired) electrons. The number of aliphatic hydroxyl groups is 1. The van der Waals surface area contributed by atoms with Gasteiger partial charge >= 0.3 is 6.09 Å². The summed E-state index contributed by atoms with van der Waals surface area (Å²) in [5.74, 6) is -0.459. The van der Waals surface area contributed by atoms with Crippen LogP contribution in [0, 0.1) is 0 Å². The fourth-order valence-corrected chi connectivity index (χ4v) is 3.32. The summed E-state index contributed by atoms with van der Waals surface area (Å²) < 4.78 is 5.42. The van der Waals surface area contributed by atoms with Crippen LogP contribution in [-0.2, 0) is 21.4 Å². The van der Waals surface area contributed by atoms with Gasteiger partial charge in [0, 0.05) is 0 Å². The van der Waals surface area contributed by atoms with E-state index in [2.05, 4.69) is 0 Å². The molecule has 0 aliphatic carbocycles. The molecule has 0 fully saturated rings. The van der Waals surface area contributed by atoms with Gasteiger partial charge in [-0.3, -0.25) is 4.79 Å². The van der Waals surface area contributed by atoms with Gasteiger partial charge < -0.3 is 9.84 Å². The van der Waals surface area contributed by atoms with Crippen molar-refractivity contribution in [3.05, 3.63) is 65.7 Å². The van der Waals surface area contributed by atoms with Crippen molar-refractivity contribution < 1.29 is 19.4 Å². The zero-order valence-corrected chi connectivity index (χ0v) is 15.2. The molecular weight excluding hydrogens is 330 g/mol. The van der Waals surface area contributed by atoms with Crippen LogP contribution in [-0.4, -0.2) is 29.3 Å². The largest absolute Gasteiger partial charge is 0.443 e. The van der Waals surface area contributed by atoms with Gasteiger partial charge in [0.05, 0.1) is 12.3 Å². The Bertz CT molecular complexity index is 825. The molecule has 5 nitrogen and oxygen atoms in total. The topological polar surface area (TPSA) is 66.8 Å². The van der Waals surface area contributed by atoms with E-state index in [1.165, 1.54) is 0 Å². The number of fused-ring (bicyclic) bond motifs is 1. The van der Waals surface area contributed by atoms with Gasteiger partial charge in [-0.2, -0.15) is 0 Å². The second-order valence-corrected chi connectivity index (χ2v) is 7.54. The van der Waals surface area contributed by atoms with Crippen LogP contribution in [0.2, 0.25) is 0 Å². The van der Waals surface area contributed by atoms with Gasteiger partial charge in [-0.15, -0.1) is 0 Å². The lowest BCUT2D eigenvalue weighted by atomic mass is 9.77. The third-order valence-corrected chi connectivity index (χ3v) is 4.47. The zero-order valence-electron chi connectivity index (χ0n) is 15.2. The van der Waals surface area contributed by atoms with E-state index in [0.717, 1.165) is 10.5 Å². The van der Waals surface area contributed by atoms with Gasteiger partial charge in [-0.25, -0.2) is 9.69 Å². The molecule has 1 N–H and O–H groups in total. The van der Waals surface area contributed by atoms with Crippen LogP contribution in [0.15, 0.2) is 54.6 Å². The third-order valence-electron chi connectivity index (χ3n) is 4.47. The van der Waals surface area contributed by atoms with Gasteiger partial charge in [0.15, 0.2) is 0 Å². The Kier molecular flexibility index (Phi) is 4.59. The van der Waals surface area contributed by atoms with Crippen LogP contribution in [0.4, 0.5) is 10.5 Å². The van der Waals surface area contributed by atoms with Gasteiger partial charge in [-0.1, -0.05) is 48.5 Å². The quantitative estimate of drug-likeness (QED) is 0.918. The Morgan fingerprint density at radius 3 is 2.31 bits per heavy atom. The number of anilines is 1. The summed E-state index contributed by atoms with van der Waals surface area (Å²) in [6, 6.07) is 16.5. The van der Waals surface area contributed by atoms with Crippen molar-refractivity contribution in [3.63, 3.8) is 0 Å². The summed E-state index contributed by atoms with van der Waals surface area (Å²) in [7, 11) is 0. The minimum Gasteiger partial charge on any atom is -0.443 e. The lowest BCUT2D eigenvalue weighted by Gasteiger charge is -2.27. The van der Waals surface area contributed by atoms with Crippen molar-refractivity contribution in [2.75, 3.05) is 11.5 Å². The lowest BCUT2D eigenvalue weighted by molar-refractivity contribution is -0.124. The molecule has 1 heterocycles. The maximum absolute atomic E-state index is 13.3. The minimum atomic E-state index is -1.20. The number of hydrogen-bond acceptors (Lipinski definition) is 4. The smallest absolute Gasteiger partial charge is 0.421 e. The van der Waals surface area contributed by atoms with E-state index in [9.17, 15) is 14.7 Å². The first-order valence-corrected chi connectivity index (χ1v) is 8.60. The highest BCUT2D eigenvalue weighted by molar-refractivity contribution is 6.21. The third kappa shape index (κ3) is 3.10. The number of ether oxygens (including phenoxy) is 1. The van der Waals surface area contributed by atoms with Crippen molar-refractivity contribution in [1.29, 1.82) is 0 Å². The van der Waals surface area contributed by atoms with Crippen LogP contribution >= 0.6 is 0 Å². The molecule has 2 aromatic carbocycles. The second kappa shape index (κ2) is 6.57. The monoisotopic (exact) mass is 353 g/mol. The van der Waals surface area contributed by atoms with Crippen LogP contribution in [0.5, 0.6) is 0 Å². The van der Waals surface area contributed by atoms with E-state index in [0.29, 0.717) is 17.7 Å². The molecule has 0 aromatic heterocycles. The number of nitrogens with zero attached hydrogens (tertiary/aromatic N) is 1. The first kappa shape index (κ1) is 18.1. The molecule has 0 unspecified atom stereocenters. The Hall–Kier alpha value is -2.66. The molecule has 0 spiro atoms. The normalized spacial score (nSPS) is 19.4. The molecular formula is C21H23NO4. The number of aliphatic hydroxyl groups excluding tert-OH is 1. The summed E-state index contributed by atoms with van der Waals surface area (Å²) in [6.45, 7) is 4.86. The van der Waals surface area contributed by atoms with Gasteiger partial charge in [0.2, 0.25) is 5.91 Å². The first-order chi connectivity index (χ1) is 12.3. The summed E-state index contributed by atoms with van der Waals surface area (Å²) in [5, 5.41) is 10.2. The molecule has 0 bridgehead atoms. The maximum Gasteiger partial charge on any atom is 0.421 e. The lowest BCUT2D eigenvalue weighted by Crippen LogP contribution is -2.48. The average molecular weight is 353 g/mol. The van der Waals surface area contributed by atoms with E-state index < -0.39 is 29.6 Å². The van der Waals surface area contributed by atoms with Crippen LogP contribution < -0.4 is 4.90 Å². The number of carbonyl (C=O) groups excluding carboxylic acids is 2. The number of carbonyl (C=O) groups is 2. The molecule has 3 rings (SSSR count). The van der Waals surface area contributed by atoms with Gasteiger partial charge in [-0.05, 0) is 44.4 Å². The molecule has 1 aliphatic rings. The predicted octanol–water partition coefficient (Wildman–Crippen LogP) is 3.44. The van der Waals surface area contributed by atoms with Crippen molar-refractivity contribution in [1.82, 2.24) is 0 Å². The van der Waals surface area contributed by atoms with Crippen LogP contribution in [0.3, 0.4) is 0 Å². The summed E-state index contributed by atoms with van der Waals surface area (Å²) in [6.07, 6.45) is -0.419. The van der Waals surface area contributed by atoms with E-state index in [1.54, 1.807) is 45.0 Å². The number of para-hydroxylation sites is 1. The van der Waals surface area contributed by atoms with Crippen molar-refractivity contribution in [2.45, 2.75) is 38.2 Å². The average Bonchev–Trinajstić information content (AvgIpc) is 2.83. The van der Waals surface area contributed by atoms with Crippen molar-refractivity contribution >= 4 is 17.7 Å². The minimum absolute atomic E-state index is 0.305. The molecule has 2 aromatic rings. The first-order valence-electron chi connectivity index (χ1n) is 8.60. The van der Waals surface area contributed by atoms with E-state index in [-0.39, 0.29) is 0 Å². The fraction of sp³-hybridized carbons (Fsp3) is 0.333. The highest BCUT2D eigenvalue weighted by Gasteiger charge is 2.53. The SMILES string of the molecule is CC(C)(C)OC(=O)N1C(=O)[C@](CO)(Cc2ccccc2)c2ccccc21. The summed E-state index contributed by atoms with van der Waals surface area (Å²) in [5.41, 5.74) is 0.0973. The Morgan fingerprint density at radius 1 is 1.08 bits per heavy atom. The highest BCUT2D eigenvalue weighted by atomic mass is 16.6.